The molecule has 0 saturated heterocycles. The van der Waals surface area contributed by atoms with Gasteiger partial charge in [-0.25, -0.2) is 0 Å². The first kappa shape index (κ1) is 33.2. The number of benzene rings is 7. The van der Waals surface area contributed by atoms with Crippen LogP contribution in [0.2, 0.25) is 0 Å². The fourth-order valence-corrected chi connectivity index (χ4v) is 11.7. The van der Waals surface area contributed by atoms with Crippen molar-refractivity contribution in [2.45, 2.75) is 88.9 Å². The molecule has 3 saturated carbocycles. The molecule has 3 atom stereocenters. The largest absolute Gasteiger partial charge is 0.309 e. The molecule has 0 heterocycles. The maximum Gasteiger partial charge on any atom is 0.0543 e. The number of nitrogens with zero attached hydrogens (tertiary/aromatic N) is 1. The second-order valence-electron chi connectivity index (χ2n) is 17.9. The Morgan fingerprint density at radius 3 is 2.09 bits per heavy atom. The summed E-state index contributed by atoms with van der Waals surface area (Å²) in [6.45, 7) is 4.83. The summed E-state index contributed by atoms with van der Waals surface area (Å²) in [7, 11) is 0. The molecule has 0 amide bonds. The van der Waals surface area contributed by atoms with Crippen LogP contribution in [-0.2, 0) is 5.41 Å². The lowest BCUT2D eigenvalue weighted by atomic mass is 9.80. The van der Waals surface area contributed by atoms with Gasteiger partial charge in [0.15, 0.2) is 0 Å². The van der Waals surface area contributed by atoms with E-state index in [2.05, 4.69) is 158 Å². The van der Waals surface area contributed by atoms with Gasteiger partial charge in [-0.05, 0) is 147 Å². The molecule has 3 fully saturated rings. The minimum absolute atomic E-state index is 0.118. The SMILES string of the molecule is CC1(C)c2ccccc2-c2cc(-c3ccc4ccccc4c3)c(N(c3ccc(C4CCCCC4)cc3)c3ccc(C4CC5CCC4C5)c4ccccc34)cc21. The van der Waals surface area contributed by atoms with E-state index >= 15 is 0 Å². The van der Waals surface area contributed by atoms with E-state index in [0.717, 1.165) is 11.8 Å². The topological polar surface area (TPSA) is 3.24 Å². The van der Waals surface area contributed by atoms with Gasteiger partial charge in [-0.3, -0.25) is 0 Å². The van der Waals surface area contributed by atoms with E-state index in [1.807, 2.05) is 0 Å². The fraction of sp³-hybridized carbons (Fsp3) is 0.296. The van der Waals surface area contributed by atoms with Gasteiger partial charge in [-0.2, -0.15) is 0 Å². The average molecular weight is 714 g/mol. The lowest BCUT2D eigenvalue weighted by molar-refractivity contribution is 0.422. The van der Waals surface area contributed by atoms with Gasteiger partial charge in [-0.1, -0.05) is 143 Å². The van der Waals surface area contributed by atoms with E-state index in [4.69, 9.17) is 0 Å². The van der Waals surface area contributed by atoms with Crippen molar-refractivity contribution in [2.24, 2.45) is 11.8 Å². The number of hydrogen-bond donors (Lipinski definition) is 0. The van der Waals surface area contributed by atoms with Crippen molar-refractivity contribution in [1.82, 2.24) is 0 Å². The van der Waals surface area contributed by atoms with Crippen LogP contribution in [0.3, 0.4) is 0 Å². The van der Waals surface area contributed by atoms with Crippen molar-refractivity contribution < 1.29 is 0 Å². The van der Waals surface area contributed by atoms with E-state index in [9.17, 15) is 0 Å². The normalized spacial score (nSPS) is 21.2. The summed E-state index contributed by atoms with van der Waals surface area (Å²) in [6, 6.07) is 54.1. The molecule has 55 heavy (non-hydrogen) atoms. The zero-order chi connectivity index (χ0) is 36.7. The lowest BCUT2D eigenvalue weighted by Crippen LogP contribution is -2.17. The van der Waals surface area contributed by atoms with Gasteiger partial charge in [-0.15, -0.1) is 0 Å². The number of hydrogen-bond acceptors (Lipinski definition) is 1. The first-order valence-corrected chi connectivity index (χ1v) is 21.2. The molecule has 2 bridgehead atoms. The van der Waals surface area contributed by atoms with Crippen molar-refractivity contribution in [1.29, 1.82) is 0 Å². The third-order valence-electron chi connectivity index (χ3n) is 14.5. The van der Waals surface area contributed by atoms with Gasteiger partial charge in [0.25, 0.3) is 0 Å². The van der Waals surface area contributed by atoms with E-state index in [-0.39, 0.29) is 5.41 Å². The highest BCUT2D eigenvalue weighted by atomic mass is 15.1. The minimum Gasteiger partial charge on any atom is -0.309 e. The molecule has 272 valence electrons. The molecule has 0 radical (unpaired) electrons. The quantitative estimate of drug-likeness (QED) is 0.166. The van der Waals surface area contributed by atoms with Crippen LogP contribution in [0.4, 0.5) is 17.1 Å². The predicted molar refractivity (Wildman–Crippen MR) is 233 cm³/mol. The van der Waals surface area contributed by atoms with Crippen LogP contribution in [0.5, 0.6) is 0 Å². The zero-order valence-corrected chi connectivity index (χ0v) is 32.4. The summed E-state index contributed by atoms with van der Waals surface area (Å²) >= 11 is 0. The molecule has 1 nitrogen and oxygen atoms in total. The monoisotopic (exact) mass is 713 g/mol. The van der Waals surface area contributed by atoms with Gasteiger partial charge < -0.3 is 4.90 Å². The van der Waals surface area contributed by atoms with Crippen LogP contribution < -0.4 is 4.90 Å². The van der Waals surface area contributed by atoms with Crippen molar-refractivity contribution in [3.63, 3.8) is 0 Å². The molecule has 0 aliphatic heterocycles. The van der Waals surface area contributed by atoms with Crippen LogP contribution >= 0.6 is 0 Å². The molecule has 11 rings (SSSR count). The van der Waals surface area contributed by atoms with Crippen LogP contribution in [0, 0.1) is 11.8 Å². The minimum atomic E-state index is -0.118. The Hall–Kier alpha value is -5.14. The zero-order valence-electron chi connectivity index (χ0n) is 32.4. The van der Waals surface area contributed by atoms with Crippen LogP contribution in [0.25, 0.3) is 43.8 Å². The van der Waals surface area contributed by atoms with Gasteiger partial charge in [0.2, 0.25) is 0 Å². The first-order chi connectivity index (χ1) is 27.0. The predicted octanol–water partition coefficient (Wildman–Crippen LogP) is 15.4. The van der Waals surface area contributed by atoms with Crippen molar-refractivity contribution in [3.05, 3.63) is 162 Å². The maximum atomic E-state index is 2.63. The Morgan fingerprint density at radius 1 is 0.527 bits per heavy atom. The lowest BCUT2D eigenvalue weighted by Gasteiger charge is -2.33. The Morgan fingerprint density at radius 2 is 1.29 bits per heavy atom. The average Bonchev–Trinajstić information content (AvgIpc) is 3.94. The molecule has 1 heteroatoms. The van der Waals surface area contributed by atoms with E-state index < -0.39 is 0 Å². The smallest absolute Gasteiger partial charge is 0.0543 e. The molecular formula is C54H51N. The van der Waals surface area contributed by atoms with Gasteiger partial charge in [0.1, 0.15) is 0 Å². The second-order valence-corrected chi connectivity index (χ2v) is 17.9. The number of fused-ring (bicyclic) bond motifs is 7. The van der Waals surface area contributed by atoms with Crippen LogP contribution in [0.1, 0.15) is 106 Å². The van der Waals surface area contributed by atoms with Crippen LogP contribution in [0.15, 0.2) is 140 Å². The summed E-state index contributed by atoms with van der Waals surface area (Å²) in [6.07, 6.45) is 12.3. The van der Waals surface area contributed by atoms with Gasteiger partial charge in [0, 0.05) is 22.1 Å². The molecule has 7 aromatic rings. The Bertz CT molecular complexity index is 2580. The standard InChI is InChI=1S/C54H51N/c1-54(2)50-19-11-10-17-45(50)49-33-48(41-23-22-37-14-6-7-15-39(37)32-41)53(34-51(49)54)55(42-26-24-38(25-27-42)36-12-4-3-5-13-36)52-29-28-44(43-16-8-9-18-46(43)52)47-31-35-20-21-40(47)30-35/h6-11,14-19,22-29,32-36,40,47H,3-5,12-13,20-21,30-31H2,1-2H3. The van der Waals surface area contributed by atoms with Crippen molar-refractivity contribution >= 4 is 38.6 Å². The highest BCUT2D eigenvalue weighted by Gasteiger charge is 2.41. The van der Waals surface area contributed by atoms with Crippen molar-refractivity contribution in [3.8, 4) is 22.3 Å². The molecule has 0 N–H and O–H groups in total. The van der Waals surface area contributed by atoms with Crippen molar-refractivity contribution in [2.75, 3.05) is 4.90 Å². The Labute approximate surface area is 327 Å². The molecule has 4 aliphatic carbocycles. The highest BCUT2D eigenvalue weighted by molar-refractivity contribution is 6.04. The molecule has 7 aromatic carbocycles. The van der Waals surface area contributed by atoms with Gasteiger partial charge in [0.05, 0.1) is 11.4 Å². The number of anilines is 3. The van der Waals surface area contributed by atoms with E-state index in [1.54, 1.807) is 5.56 Å². The molecule has 0 aromatic heterocycles. The summed E-state index contributed by atoms with van der Waals surface area (Å²) < 4.78 is 0. The summed E-state index contributed by atoms with van der Waals surface area (Å²) in [5.74, 6) is 3.10. The third-order valence-corrected chi connectivity index (χ3v) is 14.5. The second kappa shape index (κ2) is 13.0. The maximum absolute atomic E-state index is 2.63. The summed E-state index contributed by atoms with van der Waals surface area (Å²) in [5.41, 5.74) is 14.8. The summed E-state index contributed by atoms with van der Waals surface area (Å²) in [5, 5.41) is 5.34. The first-order valence-electron chi connectivity index (χ1n) is 21.2. The third kappa shape index (κ3) is 5.41. The Kier molecular flexibility index (Phi) is 7.84. The number of rotatable bonds is 6. The van der Waals surface area contributed by atoms with E-state index in [0.29, 0.717) is 11.8 Å². The Balaban J connectivity index is 1.17. The van der Waals surface area contributed by atoms with Crippen LogP contribution in [-0.4, -0.2) is 0 Å². The van der Waals surface area contributed by atoms with E-state index in [1.165, 1.54) is 135 Å². The molecule has 3 unspecified atom stereocenters. The van der Waals surface area contributed by atoms with Gasteiger partial charge >= 0.3 is 0 Å². The summed E-state index contributed by atoms with van der Waals surface area (Å²) in [4.78, 5) is 2.63. The molecule has 0 spiro atoms. The highest BCUT2D eigenvalue weighted by Crippen LogP contribution is 2.57. The molecule has 4 aliphatic rings. The molecular weight excluding hydrogens is 663 g/mol. The fourth-order valence-electron chi connectivity index (χ4n) is 11.7.